The van der Waals surface area contributed by atoms with Crippen molar-refractivity contribution in [2.24, 2.45) is 0 Å². The molecule has 0 bridgehead atoms. The van der Waals surface area contributed by atoms with E-state index >= 15 is 0 Å². The van der Waals surface area contributed by atoms with Gasteiger partial charge in [-0.1, -0.05) is 6.92 Å². The largest absolute Gasteiger partial charge is 0.313 e. The van der Waals surface area contributed by atoms with Crippen molar-refractivity contribution in [3.8, 4) is 0 Å². The van der Waals surface area contributed by atoms with Crippen LogP contribution in [0, 0.1) is 0 Å². The van der Waals surface area contributed by atoms with Crippen molar-refractivity contribution in [3.05, 3.63) is 30.1 Å². The first-order chi connectivity index (χ1) is 7.88. The zero-order chi connectivity index (χ0) is 11.2. The Morgan fingerprint density at radius 3 is 2.88 bits per heavy atom. The molecule has 1 fully saturated rings. The van der Waals surface area contributed by atoms with E-state index in [2.05, 4.69) is 34.3 Å². The van der Waals surface area contributed by atoms with Crippen molar-refractivity contribution in [1.82, 2.24) is 15.2 Å². The van der Waals surface area contributed by atoms with Crippen molar-refractivity contribution in [2.45, 2.75) is 32.4 Å². The van der Waals surface area contributed by atoms with E-state index in [-0.39, 0.29) is 0 Å². The van der Waals surface area contributed by atoms with Crippen LogP contribution in [-0.2, 0) is 6.54 Å². The quantitative estimate of drug-likeness (QED) is 0.816. The van der Waals surface area contributed by atoms with Gasteiger partial charge in [-0.15, -0.1) is 0 Å². The average Bonchev–Trinajstić information content (AvgIpc) is 2.82. The van der Waals surface area contributed by atoms with Gasteiger partial charge in [0, 0.05) is 31.5 Å². The Kier molecular flexibility index (Phi) is 4.31. The number of rotatable bonds is 5. The van der Waals surface area contributed by atoms with Gasteiger partial charge in [0.25, 0.3) is 0 Å². The number of hydrogen-bond acceptors (Lipinski definition) is 3. The molecule has 1 aliphatic rings. The van der Waals surface area contributed by atoms with Crippen LogP contribution in [-0.4, -0.2) is 35.6 Å². The van der Waals surface area contributed by atoms with E-state index in [1.54, 1.807) is 0 Å². The highest BCUT2D eigenvalue weighted by Gasteiger charge is 2.16. The lowest BCUT2D eigenvalue weighted by Gasteiger charge is -2.24. The van der Waals surface area contributed by atoms with Crippen LogP contribution < -0.4 is 5.32 Å². The van der Waals surface area contributed by atoms with Crippen molar-refractivity contribution in [3.63, 3.8) is 0 Å². The predicted octanol–water partition coefficient (Wildman–Crippen LogP) is 1.66. The Balaban J connectivity index is 1.85. The molecule has 1 aromatic heterocycles. The molecule has 0 aliphatic carbocycles. The Bertz CT molecular complexity index is 293. The van der Waals surface area contributed by atoms with Crippen LogP contribution in [0.2, 0.25) is 0 Å². The first kappa shape index (κ1) is 11.6. The summed E-state index contributed by atoms with van der Waals surface area (Å²) in [5.41, 5.74) is 1.36. The van der Waals surface area contributed by atoms with Crippen LogP contribution in [0.1, 0.15) is 25.3 Å². The molecule has 1 N–H and O–H groups in total. The van der Waals surface area contributed by atoms with E-state index in [1.165, 1.54) is 31.5 Å². The van der Waals surface area contributed by atoms with Crippen molar-refractivity contribution < 1.29 is 0 Å². The van der Waals surface area contributed by atoms with Crippen LogP contribution in [0.25, 0.3) is 0 Å². The van der Waals surface area contributed by atoms with Gasteiger partial charge in [0.1, 0.15) is 0 Å². The highest BCUT2D eigenvalue weighted by Crippen LogP contribution is 2.09. The molecule has 16 heavy (non-hydrogen) atoms. The maximum Gasteiger partial charge on any atom is 0.0271 e. The smallest absolute Gasteiger partial charge is 0.0271 e. The number of pyridine rings is 1. The molecule has 2 heterocycles. The van der Waals surface area contributed by atoms with E-state index in [0.717, 1.165) is 13.1 Å². The number of aromatic nitrogens is 1. The zero-order valence-corrected chi connectivity index (χ0v) is 10.0. The molecule has 0 saturated carbocycles. The molecule has 1 aliphatic heterocycles. The van der Waals surface area contributed by atoms with Crippen molar-refractivity contribution in [2.75, 3.05) is 19.6 Å². The van der Waals surface area contributed by atoms with E-state index in [9.17, 15) is 0 Å². The molecule has 2 rings (SSSR count). The first-order valence-electron chi connectivity index (χ1n) is 6.23. The second kappa shape index (κ2) is 5.97. The molecular weight excluding hydrogens is 198 g/mol. The molecular formula is C13H21N3. The molecule has 1 atom stereocenters. The van der Waals surface area contributed by atoms with Gasteiger partial charge in [0.05, 0.1) is 0 Å². The second-order valence-electron chi connectivity index (χ2n) is 4.48. The summed E-state index contributed by atoms with van der Waals surface area (Å²) in [5.74, 6) is 0. The Labute approximate surface area is 97.9 Å². The summed E-state index contributed by atoms with van der Waals surface area (Å²) in [6, 6.07) is 4.90. The van der Waals surface area contributed by atoms with Crippen molar-refractivity contribution in [1.29, 1.82) is 0 Å². The molecule has 0 radical (unpaired) electrons. The predicted molar refractivity (Wildman–Crippen MR) is 66.2 cm³/mol. The first-order valence-corrected chi connectivity index (χ1v) is 6.23. The number of hydrogen-bond donors (Lipinski definition) is 1. The molecule has 1 unspecified atom stereocenters. The van der Waals surface area contributed by atoms with Crippen molar-refractivity contribution >= 4 is 0 Å². The van der Waals surface area contributed by atoms with Gasteiger partial charge in [-0.2, -0.15) is 0 Å². The lowest BCUT2D eigenvalue weighted by atomic mass is 10.2. The number of likely N-dealkylation sites (N-methyl/N-ethyl adjacent to an activating group) is 1. The van der Waals surface area contributed by atoms with Gasteiger partial charge in [0.2, 0.25) is 0 Å². The average molecular weight is 219 g/mol. The van der Waals surface area contributed by atoms with Gasteiger partial charge in [-0.3, -0.25) is 9.88 Å². The fourth-order valence-electron chi connectivity index (χ4n) is 2.28. The lowest BCUT2D eigenvalue weighted by molar-refractivity contribution is 0.253. The molecule has 1 aromatic rings. The third kappa shape index (κ3) is 3.29. The fourth-order valence-corrected chi connectivity index (χ4v) is 2.28. The van der Waals surface area contributed by atoms with Gasteiger partial charge < -0.3 is 5.32 Å². The van der Waals surface area contributed by atoms with Crippen LogP contribution in [0.15, 0.2) is 24.5 Å². The maximum atomic E-state index is 4.05. The summed E-state index contributed by atoms with van der Waals surface area (Å²) in [4.78, 5) is 6.55. The zero-order valence-electron chi connectivity index (χ0n) is 10.0. The molecule has 0 spiro atoms. The number of nitrogens with zero attached hydrogens (tertiary/aromatic N) is 2. The Morgan fingerprint density at radius 1 is 1.44 bits per heavy atom. The van der Waals surface area contributed by atoms with Gasteiger partial charge in [-0.25, -0.2) is 0 Å². The molecule has 1 saturated heterocycles. The van der Waals surface area contributed by atoms with E-state index < -0.39 is 0 Å². The topological polar surface area (TPSA) is 28.2 Å². The monoisotopic (exact) mass is 219 g/mol. The third-order valence-corrected chi connectivity index (χ3v) is 3.24. The molecule has 3 heteroatoms. The fraction of sp³-hybridized carbons (Fsp3) is 0.615. The third-order valence-electron chi connectivity index (χ3n) is 3.24. The van der Waals surface area contributed by atoms with Crippen LogP contribution in [0.3, 0.4) is 0 Å². The minimum absolute atomic E-state index is 0.696. The molecule has 0 aromatic carbocycles. The summed E-state index contributed by atoms with van der Waals surface area (Å²) < 4.78 is 0. The molecule has 3 nitrogen and oxygen atoms in total. The standard InChI is InChI=1S/C13H21N3/c1-2-16(11-13-4-3-7-15-13)10-12-5-8-14-9-6-12/h5-6,8-9,13,15H,2-4,7,10-11H2,1H3. The molecule has 88 valence electrons. The van der Waals surface area contributed by atoms with E-state index in [4.69, 9.17) is 0 Å². The highest BCUT2D eigenvalue weighted by molar-refractivity contribution is 5.09. The maximum absolute atomic E-state index is 4.05. The summed E-state index contributed by atoms with van der Waals surface area (Å²) >= 11 is 0. The van der Waals surface area contributed by atoms with E-state index in [1.807, 2.05) is 12.4 Å². The summed E-state index contributed by atoms with van der Waals surface area (Å²) in [6.45, 7) is 6.74. The number of nitrogens with one attached hydrogen (secondary N) is 1. The minimum Gasteiger partial charge on any atom is -0.313 e. The van der Waals surface area contributed by atoms with Gasteiger partial charge in [-0.05, 0) is 43.6 Å². The summed E-state index contributed by atoms with van der Waals surface area (Å²) in [6.07, 6.45) is 6.40. The minimum atomic E-state index is 0.696. The van der Waals surface area contributed by atoms with Crippen LogP contribution >= 0.6 is 0 Å². The van der Waals surface area contributed by atoms with Crippen LogP contribution in [0.4, 0.5) is 0 Å². The normalized spacial score (nSPS) is 20.5. The second-order valence-corrected chi connectivity index (χ2v) is 4.48. The SMILES string of the molecule is CCN(Cc1ccncc1)CC1CCCN1. The lowest BCUT2D eigenvalue weighted by Crippen LogP contribution is -2.37. The van der Waals surface area contributed by atoms with E-state index in [0.29, 0.717) is 6.04 Å². The molecule has 0 amide bonds. The Morgan fingerprint density at radius 2 is 2.25 bits per heavy atom. The summed E-state index contributed by atoms with van der Waals surface area (Å²) in [5, 5.41) is 3.55. The summed E-state index contributed by atoms with van der Waals surface area (Å²) in [7, 11) is 0. The Hall–Kier alpha value is -0.930. The van der Waals surface area contributed by atoms with Gasteiger partial charge >= 0.3 is 0 Å². The van der Waals surface area contributed by atoms with Gasteiger partial charge in [0.15, 0.2) is 0 Å². The highest BCUT2D eigenvalue weighted by atomic mass is 15.1. The van der Waals surface area contributed by atoms with Crippen LogP contribution in [0.5, 0.6) is 0 Å².